The van der Waals surface area contributed by atoms with Gasteiger partial charge in [0, 0.05) is 6.42 Å². The summed E-state index contributed by atoms with van der Waals surface area (Å²) in [6.45, 7) is 1.66. The van der Waals surface area contributed by atoms with Gasteiger partial charge in [-0.2, -0.15) is 0 Å². The molecule has 3 aliphatic heterocycles. The zero-order valence-electron chi connectivity index (χ0n) is 45.3. The predicted molar refractivity (Wildman–Crippen MR) is 282 cm³/mol. The minimum Gasteiger partial charge on any atom is -0.394 e. The summed E-state index contributed by atoms with van der Waals surface area (Å²) in [4.78, 5) is 13.3. The van der Waals surface area contributed by atoms with E-state index in [0.717, 1.165) is 64.2 Å². The zero-order valence-corrected chi connectivity index (χ0v) is 45.3. The lowest BCUT2D eigenvalue weighted by Gasteiger charge is -2.48. The van der Waals surface area contributed by atoms with Gasteiger partial charge in [-0.3, -0.25) is 4.79 Å². The van der Waals surface area contributed by atoms with Crippen LogP contribution in [-0.2, 0) is 33.2 Å². The molecule has 3 saturated heterocycles. The Morgan fingerprint density at radius 3 is 1.39 bits per heavy atom. The summed E-state index contributed by atoms with van der Waals surface area (Å²) in [6.07, 6.45) is 14.2. The molecule has 438 valence electrons. The molecule has 75 heavy (non-hydrogen) atoms. The minimum atomic E-state index is -1.98. The summed E-state index contributed by atoms with van der Waals surface area (Å²) in [5.74, 6) is -0.283. The van der Waals surface area contributed by atoms with Gasteiger partial charge < -0.3 is 89.9 Å². The second kappa shape index (κ2) is 40.2. The first-order valence-corrected chi connectivity index (χ1v) is 28.7. The van der Waals surface area contributed by atoms with E-state index < -0.39 is 124 Å². The smallest absolute Gasteiger partial charge is 0.220 e. The van der Waals surface area contributed by atoms with E-state index in [0.29, 0.717) is 6.42 Å². The van der Waals surface area contributed by atoms with Gasteiger partial charge in [-0.05, 0) is 51.4 Å². The van der Waals surface area contributed by atoms with Crippen molar-refractivity contribution in [1.82, 2.24) is 5.32 Å². The Hall–Kier alpha value is -1.99. The highest BCUT2D eigenvalue weighted by molar-refractivity contribution is 5.76. The molecule has 3 aliphatic rings. The van der Waals surface area contributed by atoms with E-state index in [2.05, 4.69) is 43.5 Å². The fourth-order valence-corrected chi connectivity index (χ4v) is 9.63. The molecule has 0 aromatic rings. The molecule has 12 N–H and O–H groups in total. The lowest BCUT2D eigenvalue weighted by molar-refractivity contribution is -0.379. The van der Waals surface area contributed by atoms with Crippen molar-refractivity contribution in [2.24, 2.45) is 0 Å². The van der Waals surface area contributed by atoms with Gasteiger partial charge in [0.25, 0.3) is 0 Å². The van der Waals surface area contributed by atoms with E-state index in [1.807, 2.05) is 6.08 Å². The van der Waals surface area contributed by atoms with Gasteiger partial charge in [0.2, 0.25) is 5.91 Å². The summed E-state index contributed by atoms with van der Waals surface area (Å²) in [7, 11) is 0. The maximum atomic E-state index is 13.3. The molecular weight excluding hydrogens is 975 g/mol. The fourth-order valence-electron chi connectivity index (χ4n) is 9.63. The summed E-state index contributed by atoms with van der Waals surface area (Å²) in [5, 5.41) is 120. The van der Waals surface area contributed by atoms with E-state index >= 15 is 0 Å². The Balaban J connectivity index is 1.50. The van der Waals surface area contributed by atoms with Crippen LogP contribution < -0.4 is 5.32 Å². The number of hydrogen-bond acceptors (Lipinski definition) is 18. The lowest BCUT2D eigenvalue weighted by Crippen LogP contribution is -2.66. The number of rotatable bonds is 41. The van der Waals surface area contributed by atoms with Crippen LogP contribution in [0.25, 0.3) is 0 Å². The van der Waals surface area contributed by atoms with Crippen molar-refractivity contribution in [1.29, 1.82) is 0 Å². The van der Waals surface area contributed by atoms with Crippen molar-refractivity contribution >= 4 is 5.91 Å². The maximum Gasteiger partial charge on any atom is 0.220 e. The molecule has 17 unspecified atom stereocenters. The Morgan fingerprint density at radius 1 is 0.480 bits per heavy atom. The highest BCUT2D eigenvalue weighted by atomic mass is 16.8. The van der Waals surface area contributed by atoms with Gasteiger partial charge in [-0.1, -0.05) is 159 Å². The fraction of sp³-hybridized carbons (Fsp3) is 0.875. The van der Waals surface area contributed by atoms with Crippen molar-refractivity contribution < 1.29 is 89.4 Å². The van der Waals surface area contributed by atoms with Crippen LogP contribution in [0.3, 0.4) is 0 Å². The number of unbranched alkanes of at least 4 members (excludes halogenated alkanes) is 21. The van der Waals surface area contributed by atoms with Crippen LogP contribution in [0.5, 0.6) is 0 Å². The number of hydrogen-bond donors (Lipinski definition) is 12. The van der Waals surface area contributed by atoms with Crippen molar-refractivity contribution in [2.75, 3.05) is 26.4 Å². The Labute approximate surface area is 447 Å². The maximum absolute atomic E-state index is 13.3. The van der Waals surface area contributed by atoms with E-state index in [9.17, 15) is 61.0 Å². The van der Waals surface area contributed by atoms with Gasteiger partial charge in [-0.25, -0.2) is 0 Å². The standard InChI is InChI=1S/C56H101NO18/c1-3-5-7-9-11-13-15-16-17-18-19-20-21-22-24-26-28-30-32-34-44(62)57-39(40(61)33-31-29-27-25-23-14-12-10-8-6-4-2)38-70-54-50(68)47(65)52(42(36-59)72-54)75-56-51(69)48(66)53(43(37-60)73-56)74-55-49(67)46(64)45(63)41(35-58)71-55/h11,13,16-17,31,33,39-43,45-56,58-61,63-69H,3-10,12,14-15,18-30,32,34-38H2,1-2H3,(H,57,62)/b13-11-,17-16-,33-31+. The van der Waals surface area contributed by atoms with Crippen molar-refractivity contribution in [2.45, 2.75) is 285 Å². The van der Waals surface area contributed by atoms with Crippen LogP contribution >= 0.6 is 0 Å². The lowest BCUT2D eigenvalue weighted by atomic mass is 9.96. The average molecular weight is 1080 g/mol. The topological polar surface area (TPSA) is 307 Å². The third-order valence-electron chi connectivity index (χ3n) is 14.4. The highest BCUT2D eigenvalue weighted by Crippen LogP contribution is 2.33. The predicted octanol–water partition coefficient (Wildman–Crippen LogP) is 4.15. The van der Waals surface area contributed by atoms with Crippen molar-refractivity contribution in [3.8, 4) is 0 Å². The summed E-state index contributed by atoms with van der Waals surface area (Å²) in [5.41, 5.74) is 0. The zero-order chi connectivity index (χ0) is 54.8. The highest BCUT2D eigenvalue weighted by Gasteiger charge is 2.53. The number of allylic oxidation sites excluding steroid dienone is 5. The molecule has 0 saturated carbocycles. The number of aliphatic hydroxyl groups excluding tert-OH is 11. The average Bonchev–Trinajstić information content (AvgIpc) is 3.41. The number of ether oxygens (including phenoxy) is 6. The van der Waals surface area contributed by atoms with E-state index in [1.54, 1.807) is 6.08 Å². The number of carbonyl (C=O) groups excluding carboxylic acids is 1. The molecule has 0 spiro atoms. The van der Waals surface area contributed by atoms with Crippen LogP contribution in [-0.4, -0.2) is 193 Å². The molecule has 19 heteroatoms. The van der Waals surface area contributed by atoms with Crippen LogP contribution in [0.1, 0.15) is 181 Å². The number of nitrogens with one attached hydrogen (secondary N) is 1. The molecule has 0 aromatic heterocycles. The molecule has 3 heterocycles. The second-order valence-electron chi connectivity index (χ2n) is 20.8. The van der Waals surface area contributed by atoms with Crippen LogP contribution in [0, 0.1) is 0 Å². The summed E-state index contributed by atoms with van der Waals surface area (Å²) in [6, 6.07) is -0.972. The molecule has 0 aromatic carbocycles. The number of aliphatic hydroxyl groups is 11. The first kappa shape index (κ1) is 67.3. The molecule has 17 atom stereocenters. The SMILES string of the molecule is CCCCC/C=C\C/C=C\CCCCCCCCCCCC(=O)NC(COC1OC(CO)C(OC2OC(CO)C(OC3OC(CO)C(O)C(O)C3O)C(O)C2O)C(O)C1O)C(O)/C=C/CCCCCCCCCCC. The molecule has 19 nitrogen and oxygen atoms in total. The van der Waals surface area contributed by atoms with Gasteiger partial charge in [-0.15, -0.1) is 0 Å². The Morgan fingerprint density at radius 2 is 0.880 bits per heavy atom. The van der Waals surface area contributed by atoms with Crippen molar-refractivity contribution in [3.05, 3.63) is 36.5 Å². The first-order valence-electron chi connectivity index (χ1n) is 28.7. The van der Waals surface area contributed by atoms with E-state index in [4.69, 9.17) is 28.4 Å². The Kier molecular flexibility index (Phi) is 36.1. The molecule has 3 fully saturated rings. The third-order valence-corrected chi connectivity index (χ3v) is 14.4. The third kappa shape index (κ3) is 24.9. The summed E-state index contributed by atoms with van der Waals surface area (Å²) < 4.78 is 34.2. The second-order valence-corrected chi connectivity index (χ2v) is 20.8. The van der Waals surface area contributed by atoms with Gasteiger partial charge in [0.1, 0.15) is 73.2 Å². The van der Waals surface area contributed by atoms with Crippen LogP contribution in [0.15, 0.2) is 36.5 Å². The molecule has 1 amide bonds. The number of amides is 1. The van der Waals surface area contributed by atoms with Gasteiger partial charge in [0.05, 0.1) is 38.6 Å². The van der Waals surface area contributed by atoms with Crippen LogP contribution in [0.4, 0.5) is 0 Å². The van der Waals surface area contributed by atoms with Gasteiger partial charge in [0.15, 0.2) is 18.9 Å². The normalized spacial score (nSPS) is 31.5. The summed E-state index contributed by atoms with van der Waals surface area (Å²) >= 11 is 0. The molecule has 0 radical (unpaired) electrons. The van der Waals surface area contributed by atoms with Crippen molar-refractivity contribution in [3.63, 3.8) is 0 Å². The van der Waals surface area contributed by atoms with Gasteiger partial charge >= 0.3 is 0 Å². The van der Waals surface area contributed by atoms with E-state index in [-0.39, 0.29) is 18.9 Å². The largest absolute Gasteiger partial charge is 0.394 e. The molecule has 0 bridgehead atoms. The monoisotopic (exact) mass is 1080 g/mol. The molecular formula is C56H101NO18. The molecule has 0 aliphatic carbocycles. The van der Waals surface area contributed by atoms with E-state index in [1.165, 1.54) is 89.9 Å². The first-order chi connectivity index (χ1) is 36.3. The van der Waals surface area contributed by atoms with Crippen LogP contribution in [0.2, 0.25) is 0 Å². The quantitative estimate of drug-likeness (QED) is 0.0302. The Bertz CT molecular complexity index is 1520. The number of carbonyl (C=O) groups is 1. The minimum absolute atomic E-state index is 0.238. The molecule has 3 rings (SSSR count).